The Bertz CT molecular complexity index is 513. The van der Waals surface area contributed by atoms with Gasteiger partial charge in [-0.15, -0.1) is 0 Å². The summed E-state index contributed by atoms with van der Waals surface area (Å²) in [6.07, 6.45) is 1.63. The van der Waals surface area contributed by atoms with Crippen molar-refractivity contribution < 1.29 is 19.0 Å². The summed E-state index contributed by atoms with van der Waals surface area (Å²) in [5.41, 5.74) is 0.650. The molecule has 1 fully saturated rings. The van der Waals surface area contributed by atoms with E-state index in [9.17, 15) is 4.79 Å². The smallest absolute Gasteiger partial charge is 0.319 e. The number of amides is 2. The van der Waals surface area contributed by atoms with Gasteiger partial charge in [0.25, 0.3) is 0 Å². The molecule has 1 heterocycles. The average molecular weight is 322 g/mol. The van der Waals surface area contributed by atoms with E-state index in [1.165, 1.54) is 0 Å². The highest BCUT2D eigenvalue weighted by molar-refractivity contribution is 5.89. The van der Waals surface area contributed by atoms with Crippen LogP contribution in [0.4, 0.5) is 10.5 Å². The van der Waals surface area contributed by atoms with E-state index in [1.807, 2.05) is 18.2 Å². The number of hydrogen-bond acceptors (Lipinski definition) is 4. The van der Waals surface area contributed by atoms with Crippen molar-refractivity contribution in [3.8, 4) is 5.75 Å². The zero-order valence-corrected chi connectivity index (χ0v) is 14.1. The van der Waals surface area contributed by atoms with E-state index in [2.05, 4.69) is 24.5 Å². The summed E-state index contributed by atoms with van der Waals surface area (Å²) < 4.78 is 16.3. The Morgan fingerprint density at radius 1 is 1.35 bits per heavy atom. The molecule has 1 saturated heterocycles. The van der Waals surface area contributed by atoms with E-state index in [4.69, 9.17) is 14.2 Å². The van der Waals surface area contributed by atoms with Gasteiger partial charge in [-0.1, -0.05) is 19.9 Å². The largest absolute Gasteiger partial charge is 0.497 e. The summed E-state index contributed by atoms with van der Waals surface area (Å²) >= 11 is 0. The number of methoxy groups -OCH3 is 1. The Morgan fingerprint density at radius 2 is 2.09 bits per heavy atom. The summed E-state index contributed by atoms with van der Waals surface area (Å²) in [4.78, 5) is 11.9. The molecule has 2 amide bonds. The first kappa shape index (κ1) is 17.6. The standard InChI is InChI=1S/C17H26N2O4/c1-17(2,15-22-10-11-23-15)8-5-9-18-16(20)19-13-6-4-7-14(12-13)21-3/h4,6-7,12,15H,5,8-11H2,1-3H3,(H2,18,19,20). The maximum atomic E-state index is 11.9. The summed E-state index contributed by atoms with van der Waals surface area (Å²) in [5, 5.41) is 5.65. The van der Waals surface area contributed by atoms with E-state index in [0.717, 1.165) is 12.8 Å². The highest BCUT2D eigenvalue weighted by Gasteiger charge is 2.33. The molecule has 0 aromatic heterocycles. The van der Waals surface area contributed by atoms with Crippen molar-refractivity contribution in [1.29, 1.82) is 0 Å². The molecule has 0 saturated carbocycles. The van der Waals surface area contributed by atoms with Gasteiger partial charge in [-0.25, -0.2) is 4.79 Å². The third-order valence-electron chi connectivity index (χ3n) is 3.87. The minimum Gasteiger partial charge on any atom is -0.497 e. The molecule has 0 spiro atoms. The lowest BCUT2D eigenvalue weighted by Gasteiger charge is -2.29. The Kier molecular flexibility index (Phi) is 6.24. The molecule has 2 rings (SSSR count). The van der Waals surface area contributed by atoms with Gasteiger partial charge in [0.05, 0.1) is 20.3 Å². The number of ether oxygens (including phenoxy) is 3. The fourth-order valence-electron chi connectivity index (χ4n) is 2.55. The average Bonchev–Trinajstić information content (AvgIpc) is 3.07. The fourth-order valence-corrected chi connectivity index (χ4v) is 2.55. The second-order valence-electron chi connectivity index (χ2n) is 6.28. The topological polar surface area (TPSA) is 68.8 Å². The van der Waals surface area contributed by atoms with E-state index >= 15 is 0 Å². The number of hydrogen-bond donors (Lipinski definition) is 2. The predicted octanol–water partition coefficient (Wildman–Crippen LogP) is 3.00. The van der Waals surface area contributed by atoms with Crippen molar-refractivity contribution >= 4 is 11.7 Å². The molecule has 1 aromatic carbocycles. The minimum absolute atomic E-state index is 0.0541. The van der Waals surface area contributed by atoms with Crippen LogP contribution in [-0.2, 0) is 9.47 Å². The molecule has 0 bridgehead atoms. The molecule has 1 aliphatic heterocycles. The highest BCUT2D eigenvalue weighted by atomic mass is 16.7. The second-order valence-corrected chi connectivity index (χ2v) is 6.28. The van der Waals surface area contributed by atoms with Crippen LogP contribution in [0.15, 0.2) is 24.3 Å². The molecule has 128 valence electrons. The number of nitrogens with one attached hydrogen (secondary N) is 2. The van der Waals surface area contributed by atoms with E-state index in [0.29, 0.717) is 31.2 Å². The van der Waals surface area contributed by atoms with Gasteiger partial charge < -0.3 is 24.8 Å². The zero-order valence-electron chi connectivity index (χ0n) is 14.1. The third-order valence-corrected chi connectivity index (χ3v) is 3.87. The van der Waals surface area contributed by atoms with Crippen LogP contribution in [0.2, 0.25) is 0 Å². The Hall–Kier alpha value is -1.79. The number of benzene rings is 1. The van der Waals surface area contributed by atoms with Crippen molar-refractivity contribution in [2.24, 2.45) is 5.41 Å². The quantitative estimate of drug-likeness (QED) is 0.757. The lowest BCUT2D eigenvalue weighted by atomic mass is 9.87. The fraction of sp³-hybridized carbons (Fsp3) is 0.588. The van der Waals surface area contributed by atoms with Gasteiger partial charge in [0, 0.05) is 23.7 Å². The van der Waals surface area contributed by atoms with Gasteiger partial charge in [-0.05, 0) is 25.0 Å². The van der Waals surface area contributed by atoms with Crippen molar-refractivity contribution in [3.05, 3.63) is 24.3 Å². The van der Waals surface area contributed by atoms with E-state index in [1.54, 1.807) is 13.2 Å². The van der Waals surface area contributed by atoms with Crippen LogP contribution in [0.1, 0.15) is 26.7 Å². The molecule has 0 atom stereocenters. The molecular weight excluding hydrogens is 296 g/mol. The molecule has 1 aliphatic rings. The van der Waals surface area contributed by atoms with Gasteiger partial charge >= 0.3 is 6.03 Å². The third kappa shape index (κ3) is 5.41. The summed E-state index contributed by atoms with van der Waals surface area (Å²) in [6.45, 7) is 6.18. The van der Waals surface area contributed by atoms with Crippen LogP contribution in [0, 0.1) is 5.41 Å². The number of urea groups is 1. The van der Waals surface area contributed by atoms with Gasteiger partial charge in [0.2, 0.25) is 0 Å². The number of carbonyl (C=O) groups excluding carboxylic acids is 1. The first-order valence-electron chi connectivity index (χ1n) is 7.93. The van der Waals surface area contributed by atoms with Crippen LogP contribution in [0.5, 0.6) is 5.75 Å². The lowest BCUT2D eigenvalue weighted by molar-refractivity contribution is -0.122. The number of anilines is 1. The first-order valence-corrected chi connectivity index (χ1v) is 7.93. The van der Waals surface area contributed by atoms with E-state index < -0.39 is 0 Å². The van der Waals surface area contributed by atoms with Gasteiger partial charge in [-0.3, -0.25) is 0 Å². The maximum Gasteiger partial charge on any atom is 0.319 e. The van der Waals surface area contributed by atoms with Crippen molar-refractivity contribution in [3.63, 3.8) is 0 Å². The van der Waals surface area contributed by atoms with Crippen LogP contribution >= 0.6 is 0 Å². The number of rotatable bonds is 7. The minimum atomic E-state index is -0.218. The summed E-state index contributed by atoms with van der Waals surface area (Å²) in [7, 11) is 1.60. The molecule has 0 radical (unpaired) electrons. The van der Waals surface area contributed by atoms with Gasteiger partial charge in [0.1, 0.15) is 5.75 Å². The zero-order chi connectivity index (χ0) is 16.7. The van der Waals surface area contributed by atoms with Crippen molar-refractivity contribution in [2.45, 2.75) is 33.0 Å². The Morgan fingerprint density at radius 3 is 2.78 bits per heavy atom. The van der Waals surface area contributed by atoms with Crippen LogP contribution in [0.25, 0.3) is 0 Å². The molecule has 6 nitrogen and oxygen atoms in total. The van der Waals surface area contributed by atoms with Gasteiger partial charge in [-0.2, -0.15) is 0 Å². The predicted molar refractivity (Wildman–Crippen MR) is 88.7 cm³/mol. The van der Waals surface area contributed by atoms with Crippen LogP contribution in [0.3, 0.4) is 0 Å². The summed E-state index contributed by atoms with van der Waals surface area (Å²) in [5.74, 6) is 0.709. The lowest BCUT2D eigenvalue weighted by Crippen LogP contribution is -2.33. The normalized spacial score (nSPS) is 15.4. The van der Waals surface area contributed by atoms with Crippen LogP contribution < -0.4 is 15.4 Å². The first-order chi connectivity index (χ1) is 11.0. The maximum absolute atomic E-state index is 11.9. The molecular formula is C17H26N2O4. The number of carbonyl (C=O) groups is 1. The highest BCUT2D eigenvalue weighted by Crippen LogP contribution is 2.31. The van der Waals surface area contributed by atoms with Crippen LogP contribution in [-0.4, -0.2) is 39.2 Å². The molecule has 23 heavy (non-hydrogen) atoms. The van der Waals surface area contributed by atoms with Crippen molar-refractivity contribution in [2.75, 3.05) is 32.2 Å². The van der Waals surface area contributed by atoms with E-state index in [-0.39, 0.29) is 17.7 Å². The Balaban J connectivity index is 1.68. The molecule has 0 aliphatic carbocycles. The second kappa shape index (κ2) is 8.17. The SMILES string of the molecule is COc1cccc(NC(=O)NCCCC(C)(C)C2OCCO2)c1. The Labute approximate surface area is 137 Å². The summed E-state index contributed by atoms with van der Waals surface area (Å²) in [6, 6.07) is 7.04. The molecule has 2 N–H and O–H groups in total. The molecule has 6 heteroatoms. The molecule has 0 unspecified atom stereocenters. The molecule has 1 aromatic rings. The van der Waals surface area contributed by atoms with Crippen molar-refractivity contribution in [1.82, 2.24) is 5.32 Å². The van der Waals surface area contributed by atoms with Gasteiger partial charge in [0.15, 0.2) is 6.29 Å². The monoisotopic (exact) mass is 322 g/mol.